The molecule has 0 bridgehead atoms. The zero-order chi connectivity index (χ0) is 26.3. The molecule has 12 heteroatoms. The van der Waals surface area contributed by atoms with Crippen molar-refractivity contribution in [3.05, 3.63) is 83.2 Å². The van der Waals surface area contributed by atoms with E-state index in [1.165, 1.54) is 16.7 Å². The van der Waals surface area contributed by atoms with Crippen molar-refractivity contribution in [1.82, 2.24) is 9.47 Å². The minimum Gasteiger partial charge on any atom is -0.493 e. The van der Waals surface area contributed by atoms with E-state index in [4.69, 9.17) is 16.3 Å². The molecule has 0 radical (unpaired) electrons. The number of rotatable bonds is 5. The first-order chi connectivity index (χ1) is 17.6. The highest BCUT2D eigenvalue weighted by Gasteiger charge is 2.34. The number of aromatic hydroxyl groups is 1. The minimum atomic E-state index is -4.64. The molecule has 5 rings (SSSR count). The first-order valence-electron chi connectivity index (χ1n) is 11.4. The summed E-state index contributed by atoms with van der Waals surface area (Å²) in [7, 11) is 1.94. The Hall–Kier alpha value is -2.99. The van der Waals surface area contributed by atoms with Crippen LogP contribution in [0.25, 0.3) is 5.57 Å². The second kappa shape index (κ2) is 10.1. The van der Waals surface area contributed by atoms with Gasteiger partial charge in [-0.1, -0.05) is 35.1 Å². The SMILES string of the molecule is CN1CCO[C@H](Cn2c(O)c(C(Cc3ccc(Cl)cc3C(F)(F)F)=c3ccc4c(c3)C=NN=4)sc2=O)C1. The number of halogens is 4. The van der Waals surface area contributed by atoms with Crippen molar-refractivity contribution >= 4 is 34.7 Å². The quantitative estimate of drug-likeness (QED) is 0.530. The number of morpholine rings is 1. The van der Waals surface area contributed by atoms with Gasteiger partial charge in [-0.15, -0.1) is 0 Å². The highest BCUT2D eigenvalue weighted by molar-refractivity contribution is 7.10. The molecule has 2 aromatic carbocycles. The maximum atomic E-state index is 13.9. The summed E-state index contributed by atoms with van der Waals surface area (Å²) >= 11 is 6.67. The molecule has 1 fully saturated rings. The fourth-order valence-corrected chi connectivity index (χ4v) is 5.63. The Morgan fingerprint density at radius 3 is 2.84 bits per heavy atom. The summed E-state index contributed by atoms with van der Waals surface area (Å²) in [6, 6.07) is 8.73. The van der Waals surface area contributed by atoms with E-state index >= 15 is 0 Å². The number of thiazole rings is 1. The van der Waals surface area contributed by atoms with Crippen molar-refractivity contribution in [2.45, 2.75) is 25.2 Å². The largest absolute Gasteiger partial charge is 0.493 e. The molecule has 1 N–H and O–H groups in total. The number of aromatic nitrogens is 1. The van der Waals surface area contributed by atoms with Crippen molar-refractivity contribution in [3.63, 3.8) is 0 Å². The first-order valence-corrected chi connectivity index (χ1v) is 12.6. The molecule has 7 nitrogen and oxygen atoms in total. The van der Waals surface area contributed by atoms with E-state index in [9.17, 15) is 23.1 Å². The standard InChI is InChI=1S/C25H22ClF3N4O3S/c1-32-6-7-36-18(12-32)13-33-23(34)22(37-24(33)35)19(14-3-5-21-16(8-14)11-30-31-21)9-15-2-4-17(26)10-20(15)25(27,28)29/h2-5,8,10-11,18,34H,6-7,9,12-13H2,1H3/t18-/m0/s1. The van der Waals surface area contributed by atoms with Gasteiger partial charge in [0.05, 0.1) is 41.3 Å². The van der Waals surface area contributed by atoms with Crippen LogP contribution in [0.4, 0.5) is 13.2 Å². The molecule has 1 saturated heterocycles. The summed E-state index contributed by atoms with van der Waals surface area (Å²) in [5.41, 5.74) is 0.151. The van der Waals surface area contributed by atoms with Crippen molar-refractivity contribution in [2.75, 3.05) is 26.7 Å². The zero-order valence-electron chi connectivity index (χ0n) is 19.6. The van der Waals surface area contributed by atoms with E-state index in [0.717, 1.165) is 23.9 Å². The lowest BCUT2D eigenvalue weighted by Gasteiger charge is -2.30. The molecule has 0 aliphatic carbocycles. The van der Waals surface area contributed by atoms with Crippen LogP contribution in [0, 0.1) is 0 Å². The van der Waals surface area contributed by atoms with Gasteiger partial charge in [0.25, 0.3) is 0 Å². The van der Waals surface area contributed by atoms with Gasteiger partial charge in [-0.3, -0.25) is 9.36 Å². The van der Waals surface area contributed by atoms with E-state index < -0.39 is 16.6 Å². The Morgan fingerprint density at radius 2 is 2.08 bits per heavy atom. The van der Waals surface area contributed by atoms with Crippen LogP contribution in [-0.2, 0) is 23.9 Å². The lowest BCUT2D eigenvalue weighted by Crippen LogP contribution is -2.42. The highest BCUT2D eigenvalue weighted by Crippen LogP contribution is 2.37. The molecule has 2 aliphatic rings. The van der Waals surface area contributed by atoms with Crippen LogP contribution in [0.15, 0.2) is 51.4 Å². The number of likely N-dealkylation sites (N-methyl/N-ethyl adjacent to an activating group) is 1. The molecule has 3 aromatic rings. The van der Waals surface area contributed by atoms with E-state index in [2.05, 4.69) is 15.1 Å². The molecule has 194 valence electrons. The highest BCUT2D eigenvalue weighted by atomic mass is 35.5. The summed E-state index contributed by atoms with van der Waals surface area (Å²) in [5, 5.41) is 20.2. The summed E-state index contributed by atoms with van der Waals surface area (Å²) in [6.45, 7) is 1.98. The van der Waals surface area contributed by atoms with Gasteiger partial charge < -0.3 is 14.7 Å². The number of benzene rings is 2. The van der Waals surface area contributed by atoms with Gasteiger partial charge in [0, 0.05) is 30.1 Å². The van der Waals surface area contributed by atoms with Crippen molar-refractivity contribution in [2.24, 2.45) is 10.2 Å². The van der Waals surface area contributed by atoms with Crippen LogP contribution in [0.2, 0.25) is 5.02 Å². The predicted octanol–water partition coefficient (Wildman–Crippen LogP) is 3.03. The van der Waals surface area contributed by atoms with Gasteiger partial charge in [-0.2, -0.15) is 23.4 Å². The average molecular weight is 551 g/mol. The molecule has 0 amide bonds. The Kier molecular flexibility index (Phi) is 6.97. The summed E-state index contributed by atoms with van der Waals surface area (Å²) in [6.07, 6.45) is -3.60. The van der Waals surface area contributed by atoms with Crippen LogP contribution in [0.1, 0.15) is 21.6 Å². The van der Waals surface area contributed by atoms with E-state index in [1.807, 2.05) is 7.05 Å². The molecule has 0 unspecified atom stereocenters. The maximum absolute atomic E-state index is 13.9. The number of nitrogens with zero attached hydrogens (tertiary/aromatic N) is 4. The Bertz CT molecular complexity index is 1560. The van der Waals surface area contributed by atoms with Crippen LogP contribution < -0.4 is 15.4 Å². The second-order valence-electron chi connectivity index (χ2n) is 8.96. The molecule has 2 aliphatic heterocycles. The zero-order valence-corrected chi connectivity index (χ0v) is 21.2. The average Bonchev–Trinajstić information content (AvgIpc) is 3.42. The Morgan fingerprint density at radius 1 is 1.27 bits per heavy atom. The smallest absolute Gasteiger partial charge is 0.416 e. The van der Waals surface area contributed by atoms with E-state index in [-0.39, 0.29) is 40.4 Å². The molecule has 3 heterocycles. The minimum absolute atomic E-state index is 0.0326. The van der Waals surface area contributed by atoms with Crippen LogP contribution in [0.5, 0.6) is 5.88 Å². The molecular weight excluding hydrogens is 529 g/mol. The van der Waals surface area contributed by atoms with Gasteiger partial charge in [0.1, 0.15) is 0 Å². The van der Waals surface area contributed by atoms with E-state index in [0.29, 0.717) is 34.9 Å². The fraction of sp³-hybridized carbons (Fsp3) is 0.320. The number of fused-ring (bicyclic) bond motifs is 1. The third kappa shape index (κ3) is 5.35. The van der Waals surface area contributed by atoms with Gasteiger partial charge in [0.2, 0.25) is 5.88 Å². The monoisotopic (exact) mass is 550 g/mol. The topological polar surface area (TPSA) is 79.4 Å². The molecule has 37 heavy (non-hydrogen) atoms. The van der Waals surface area contributed by atoms with Crippen molar-refractivity contribution in [1.29, 1.82) is 0 Å². The molecule has 1 atom stereocenters. The van der Waals surface area contributed by atoms with Crippen LogP contribution in [-0.4, -0.2) is 53.6 Å². The predicted molar refractivity (Wildman–Crippen MR) is 135 cm³/mol. The summed E-state index contributed by atoms with van der Waals surface area (Å²) < 4.78 is 48.6. The fourth-order valence-electron chi connectivity index (χ4n) is 4.50. The number of hydrogen-bond acceptors (Lipinski definition) is 7. The van der Waals surface area contributed by atoms with Crippen molar-refractivity contribution in [3.8, 4) is 5.88 Å². The first kappa shape index (κ1) is 25.7. The van der Waals surface area contributed by atoms with Crippen molar-refractivity contribution < 1.29 is 23.0 Å². The molecule has 0 spiro atoms. The number of alkyl halides is 3. The summed E-state index contributed by atoms with van der Waals surface area (Å²) in [4.78, 5) is 14.8. The third-order valence-electron chi connectivity index (χ3n) is 6.35. The van der Waals surface area contributed by atoms with Crippen LogP contribution >= 0.6 is 22.9 Å². The van der Waals surface area contributed by atoms with Gasteiger partial charge >= 0.3 is 11.0 Å². The van der Waals surface area contributed by atoms with E-state index in [1.54, 1.807) is 24.4 Å². The van der Waals surface area contributed by atoms with Crippen LogP contribution in [0.3, 0.4) is 0 Å². The maximum Gasteiger partial charge on any atom is 0.416 e. The lowest BCUT2D eigenvalue weighted by molar-refractivity contribution is -0.138. The third-order valence-corrected chi connectivity index (χ3v) is 7.62. The normalized spacial score (nSPS) is 18.6. The Balaban J connectivity index is 1.65. The van der Waals surface area contributed by atoms with Gasteiger partial charge in [-0.25, -0.2) is 0 Å². The molecule has 0 saturated carbocycles. The number of hydrogen-bond donors (Lipinski definition) is 1. The second-order valence-corrected chi connectivity index (χ2v) is 10.4. The Labute approximate surface area is 218 Å². The molecular formula is C25H22ClF3N4O3S. The van der Waals surface area contributed by atoms with Gasteiger partial charge in [0.15, 0.2) is 0 Å². The summed E-state index contributed by atoms with van der Waals surface area (Å²) in [5.74, 6) is -0.303. The molecule has 1 aromatic heterocycles. The number of ether oxygens (including phenoxy) is 1. The van der Waals surface area contributed by atoms with Gasteiger partial charge in [-0.05, 0) is 47.7 Å². The lowest BCUT2D eigenvalue weighted by atomic mass is 9.96.